The molecule has 1 saturated carbocycles. The van der Waals surface area contributed by atoms with E-state index in [1.54, 1.807) is 0 Å². The first-order chi connectivity index (χ1) is 4.24. The zero-order valence-corrected chi connectivity index (χ0v) is 5.75. The van der Waals surface area contributed by atoms with E-state index < -0.39 is 0 Å². The smallest absolute Gasteiger partial charge is 0.0592 e. The summed E-state index contributed by atoms with van der Waals surface area (Å²) in [5, 5.41) is 17.9. The first-order valence-electron chi connectivity index (χ1n) is 3.53. The fraction of sp³-hybridized carbons (Fsp3) is 1.00. The van der Waals surface area contributed by atoms with Crippen molar-refractivity contribution in [2.75, 3.05) is 6.61 Å². The summed E-state index contributed by atoms with van der Waals surface area (Å²) in [4.78, 5) is 0. The zero-order chi connectivity index (χ0) is 6.85. The molecule has 1 fully saturated rings. The second-order valence-electron chi connectivity index (χ2n) is 3.09. The molecule has 1 aliphatic carbocycles. The van der Waals surface area contributed by atoms with E-state index in [0.29, 0.717) is 5.92 Å². The third-order valence-corrected chi connectivity index (χ3v) is 2.13. The predicted octanol–water partition coefficient (Wildman–Crippen LogP) is 0.386. The minimum Gasteiger partial charge on any atom is -0.396 e. The lowest BCUT2D eigenvalue weighted by Crippen LogP contribution is -2.16. The normalized spacial score (nSPS) is 43.7. The molecule has 3 atom stereocenters. The third kappa shape index (κ3) is 1.43. The molecule has 0 radical (unpaired) electrons. The Kier molecular flexibility index (Phi) is 2.09. The van der Waals surface area contributed by atoms with Crippen LogP contribution < -0.4 is 0 Å². The first-order valence-corrected chi connectivity index (χ1v) is 3.53. The molecule has 2 heteroatoms. The van der Waals surface area contributed by atoms with Gasteiger partial charge in [-0.25, -0.2) is 0 Å². The quantitative estimate of drug-likeness (QED) is 0.539. The molecule has 1 rings (SSSR count). The molecular weight excluding hydrogens is 116 g/mol. The molecular formula is C7H14O2. The van der Waals surface area contributed by atoms with Gasteiger partial charge in [0.2, 0.25) is 0 Å². The average Bonchev–Trinajstić information content (AvgIpc) is 2.10. The van der Waals surface area contributed by atoms with Crippen LogP contribution in [-0.4, -0.2) is 22.9 Å². The zero-order valence-electron chi connectivity index (χ0n) is 5.75. The molecule has 0 aliphatic heterocycles. The summed E-state index contributed by atoms with van der Waals surface area (Å²) in [6.07, 6.45) is 1.60. The number of rotatable bonds is 1. The van der Waals surface area contributed by atoms with Crippen LogP contribution in [0.25, 0.3) is 0 Å². The van der Waals surface area contributed by atoms with Gasteiger partial charge >= 0.3 is 0 Å². The van der Waals surface area contributed by atoms with Crippen molar-refractivity contribution in [1.29, 1.82) is 0 Å². The Bertz CT molecular complexity index is 92.9. The van der Waals surface area contributed by atoms with Crippen LogP contribution in [0.5, 0.6) is 0 Å². The lowest BCUT2D eigenvalue weighted by atomic mass is 10.1. The highest BCUT2D eigenvalue weighted by Gasteiger charge is 2.29. The maximum atomic E-state index is 9.20. The number of hydrogen-bond acceptors (Lipinski definition) is 2. The molecule has 0 heterocycles. The van der Waals surface area contributed by atoms with Gasteiger partial charge in [0.1, 0.15) is 0 Å². The van der Waals surface area contributed by atoms with Gasteiger partial charge in [-0.2, -0.15) is 0 Å². The van der Waals surface area contributed by atoms with E-state index in [0.717, 1.165) is 12.8 Å². The van der Waals surface area contributed by atoms with Crippen LogP contribution in [0.2, 0.25) is 0 Å². The summed E-state index contributed by atoms with van der Waals surface area (Å²) < 4.78 is 0. The highest BCUT2D eigenvalue weighted by Crippen LogP contribution is 2.29. The minimum atomic E-state index is -0.245. The van der Waals surface area contributed by atoms with Crippen molar-refractivity contribution in [2.24, 2.45) is 11.8 Å². The fourth-order valence-electron chi connectivity index (χ4n) is 1.57. The van der Waals surface area contributed by atoms with Crippen LogP contribution in [0.15, 0.2) is 0 Å². The summed E-state index contributed by atoms with van der Waals surface area (Å²) in [7, 11) is 0. The van der Waals surface area contributed by atoms with Crippen molar-refractivity contribution < 1.29 is 10.2 Å². The third-order valence-electron chi connectivity index (χ3n) is 2.13. The van der Waals surface area contributed by atoms with E-state index in [-0.39, 0.29) is 18.6 Å². The maximum Gasteiger partial charge on any atom is 0.0592 e. The average molecular weight is 130 g/mol. The Balaban J connectivity index is 2.38. The Hall–Kier alpha value is -0.0800. The summed E-state index contributed by atoms with van der Waals surface area (Å²) >= 11 is 0. The molecule has 0 spiro atoms. The SMILES string of the molecule is C[C@H]1CC(O)[C@@H](CO)C1. The lowest BCUT2D eigenvalue weighted by molar-refractivity contribution is 0.0906. The Labute approximate surface area is 55.5 Å². The van der Waals surface area contributed by atoms with Gasteiger partial charge in [0.25, 0.3) is 0 Å². The monoisotopic (exact) mass is 130 g/mol. The maximum absolute atomic E-state index is 9.20. The van der Waals surface area contributed by atoms with Crippen LogP contribution in [0.3, 0.4) is 0 Å². The van der Waals surface area contributed by atoms with Crippen molar-refractivity contribution in [2.45, 2.75) is 25.9 Å². The molecule has 0 saturated heterocycles. The second-order valence-corrected chi connectivity index (χ2v) is 3.09. The van der Waals surface area contributed by atoms with Crippen molar-refractivity contribution >= 4 is 0 Å². The van der Waals surface area contributed by atoms with E-state index in [2.05, 4.69) is 6.92 Å². The topological polar surface area (TPSA) is 40.5 Å². The Morgan fingerprint density at radius 3 is 2.33 bits per heavy atom. The summed E-state index contributed by atoms with van der Waals surface area (Å²) in [5.74, 6) is 0.747. The molecule has 2 N–H and O–H groups in total. The van der Waals surface area contributed by atoms with Crippen molar-refractivity contribution in [1.82, 2.24) is 0 Å². The highest BCUT2D eigenvalue weighted by atomic mass is 16.3. The van der Waals surface area contributed by atoms with Gasteiger partial charge in [0, 0.05) is 12.5 Å². The van der Waals surface area contributed by atoms with Crippen molar-refractivity contribution in [3.05, 3.63) is 0 Å². The van der Waals surface area contributed by atoms with Gasteiger partial charge in [-0.1, -0.05) is 6.92 Å². The van der Waals surface area contributed by atoms with Gasteiger partial charge in [-0.3, -0.25) is 0 Å². The van der Waals surface area contributed by atoms with Gasteiger partial charge in [-0.05, 0) is 18.8 Å². The molecule has 2 nitrogen and oxygen atoms in total. The fourth-order valence-corrected chi connectivity index (χ4v) is 1.57. The molecule has 0 aromatic carbocycles. The van der Waals surface area contributed by atoms with Gasteiger partial charge < -0.3 is 10.2 Å². The molecule has 1 unspecified atom stereocenters. The number of hydrogen-bond donors (Lipinski definition) is 2. The van der Waals surface area contributed by atoms with Crippen LogP contribution in [0.1, 0.15) is 19.8 Å². The van der Waals surface area contributed by atoms with Crippen LogP contribution in [0.4, 0.5) is 0 Å². The number of aliphatic hydroxyl groups is 2. The largest absolute Gasteiger partial charge is 0.396 e. The highest BCUT2D eigenvalue weighted by molar-refractivity contribution is 4.79. The summed E-state index contributed by atoms with van der Waals surface area (Å²) in [6, 6.07) is 0. The van der Waals surface area contributed by atoms with Crippen LogP contribution in [-0.2, 0) is 0 Å². The molecule has 0 aromatic heterocycles. The van der Waals surface area contributed by atoms with E-state index in [1.165, 1.54) is 0 Å². The molecule has 0 bridgehead atoms. The van der Waals surface area contributed by atoms with Gasteiger partial charge in [-0.15, -0.1) is 0 Å². The molecule has 0 aromatic rings. The summed E-state index contributed by atoms with van der Waals surface area (Å²) in [6.45, 7) is 2.25. The Morgan fingerprint density at radius 2 is 2.11 bits per heavy atom. The van der Waals surface area contributed by atoms with Gasteiger partial charge in [0.15, 0.2) is 0 Å². The minimum absolute atomic E-state index is 0.144. The molecule has 54 valence electrons. The van der Waals surface area contributed by atoms with Crippen molar-refractivity contribution in [3.63, 3.8) is 0 Å². The molecule has 9 heavy (non-hydrogen) atoms. The second kappa shape index (κ2) is 2.67. The molecule has 0 amide bonds. The predicted molar refractivity (Wildman–Crippen MR) is 35.0 cm³/mol. The number of aliphatic hydroxyl groups excluding tert-OH is 2. The van der Waals surface area contributed by atoms with Gasteiger partial charge in [0.05, 0.1) is 6.10 Å². The Morgan fingerprint density at radius 1 is 1.44 bits per heavy atom. The van der Waals surface area contributed by atoms with E-state index in [4.69, 9.17) is 5.11 Å². The van der Waals surface area contributed by atoms with Crippen LogP contribution >= 0.6 is 0 Å². The molecule has 1 aliphatic rings. The van der Waals surface area contributed by atoms with E-state index in [9.17, 15) is 5.11 Å². The standard InChI is InChI=1S/C7H14O2/c1-5-2-6(4-8)7(9)3-5/h5-9H,2-4H2,1H3/t5-,6-,7?/m1/s1. The van der Waals surface area contributed by atoms with Crippen LogP contribution in [0, 0.1) is 11.8 Å². The lowest BCUT2D eigenvalue weighted by Gasteiger charge is -2.08. The van der Waals surface area contributed by atoms with E-state index >= 15 is 0 Å². The van der Waals surface area contributed by atoms with E-state index in [1.807, 2.05) is 0 Å². The van der Waals surface area contributed by atoms with Crippen molar-refractivity contribution in [3.8, 4) is 0 Å². The summed E-state index contributed by atoms with van der Waals surface area (Å²) in [5.41, 5.74) is 0. The first kappa shape index (κ1) is 7.03.